The molecule has 118 valence electrons. The summed E-state index contributed by atoms with van der Waals surface area (Å²) in [6, 6.07) is 0. The predicted molar refractivity (Wildman–Crippen MR) is 107 cm³/mol. The van der Waals surface area contributed by atoms with Gasteiger partial charge in [-0.3, -0.25) is 0 Å². The highest BCUT2D eigenvalue weighted by Gasteiger charge is 2.20. The first-order valence-corrected chi connectivity index (χ1v) is 9.92. The van der Waals surface area contributed by atoms with Crippen LogP contribution in [0.4, 0.5) is 0 Å². The van der Waals surface area contributed by atoms with E-state index in [2.05, 4.69) is 81.4 Å². The Labute approximate surface area is 149 Å². The topological polar surface area (TPSA) is 0 Å². The summed E-state index contributed by atoms with van der Waals surface area (Å²) < 4.78 is 0.230. The molecule has 1 rings (SSSR count). The van der Waals surface area contributed by atoms with Gasteiger partial charge in [-0.15, -0.1) is 23.6 Å². The number of halogens is 1. The largest absolute Gasteiger partial charge is 0.102 e. The van der Waals surface area contributed by atoms with Gasteiger partial charge in [0.15, 0.2) is 0 Å². The molecule has 0 spiro atoms. The molecule has 0 heterocycles. The molecule has 0 aliphatic heterocycles. The lowest BCUT2D eigenvalue weighted by Gasteiger charge is -2.21. The molecular formula is C19H29IS. The van der Waals surface area contributed by atoms with Crippen LogP contribution in [-0.2, 0) is 0 Å². The third-order valence-corrected chi connectivity index (χ3v) is 6.53. The lowest BCUT2D eigenvalue weighted by molar-refractivity contribution is 0.528. The first kappa shape index (κ1) is 19.2. The van der Waals surface area contributed by atoms with Gasteiger partial charge in [-0.1, -0.05) is 47.6 Å². The highest BCUT2D eigenvalue weighted by Crippen LogP contribution is 2.38. The van der Waals surface area contributed by atoms with E-state index >= 15 is 0 Å². The molecule has 0 aromatic carbocycles. The van der Waals surface area contributed by atoms with Crippen LogP contribution in [0.2, 0.25) is 0 Å². The van der Waals surface area contributed by atoms with Crippen LogP contribution in [0, 0.1) is 23.7 Å². The Balaban J connectivity index is 2.92. The summed E-state index contributed by atoms with van der Waals surface area (Å²) in [5.74, 6) is 7.98. The maximum absolute atomic E-state index is 3.40. The quantitative estimate of drug-likeness (QED) is 0.265. The van der Waals surface area contributed by atoms with E-state index in [1.54, 1.807) is 4.91 Å². The molecule has 0 aromatic heterocycles. The van der Waals surface area contributed by atoms with E-state index in [9.17, 15) is 0 Å². The van der Waals surface area contributed by atoms with Gasteiger partial charge in [0.1, 0.15) is 0 Å². The number of hydrogen-bond donors (Lipinski definition) is 0. The van der Waals surface area contributed by atoms with Crippen LogP contribution in [0.25, 0.3) is 0 Å². The van der Waals surface area contributed by atoms with Gasteiger partial charge in [-0.05, 0) is 57.3 Å². The van der Waals surface area contributed by atoms with Crippen molar-refractivity contribution in [2.45, 2.75) is 70.6 Å². The van der Waals surface area contributed by atoms with E-state index in [0.29, 0.717) is 11.8 Å². The van der Waals surface area contributed by atoms with Crippen molar-refractivity contribution < 1.29 is 0 Å². The van der Waals surface area contributed by atoms with Crippen LogP contribution in [0.1, 0.15) is 67.2 Å². The van der Waals surface area contributed by atoms with Crippen molar-refractivity contribution in [3.05, 3.63) is 21.5 Å². The molecule has 0 amide bonds. The molecule has 2 atom stereocenters. The highest BCUT2D eigenvalue weighted by molar-refractivity contribution is 14.1. The van der Waals surface area contributed by atoms with Gasteiger partial charge in [-0.2, -0.15) is 0 Å². The Bertz CT molecular complexity index is 468. The van der Waals surface area contributed by atoms with E-state index < -0.39 is 0 Å². The lowest BCUT2D eigenvalue weighted by atomic mass is 9.95. The zero-order valence-corrected chi connectivity index (χ0v) is 17.3. The van der Waals surface area contributed by atoms with E-state index in [1.807, 2.05) is 11.8 Å². The number of allylic oxidation sites excluding steroid dienone is 3. The van der Waals surface area contributed by atoms with Crippen molar-refractivity contribution >= 4 is 34.4 Å². The van der Waals surface area contributed by atoms with E-state index in [0.717, 1.165) is 12.8 Å². The van der Waals surface area contributed by atoms with Gasteiger partial charge < -0.3 is 0 Å². The van der Waals surface area contributed by atoms with Gasteiger partial charge in [0.05, 0.1) is 0 Å². The fourth-order valence-electron chi connectivity index (χ4n) is 2.22. The second-order valence-corrected chi connectivity index (χ2v) is 10.2. The number of rotatable bonds is 5. The summed E-state index contributed by atoms with van der Waals surface area (Å²) in [6.07, 6.45) is 4.67. The molecule has 0 unspecified atom stereocenters. The molecule has 0 aromatic rings. The van der Waals surface area contributed by atoms with Gasteiger partial charge in [0.2, 0.25) is 0 Å². The standard InChI is InChI=1S/C19H29IS/c1-7-15(3)18(21-13-16(4)19(5,6)20)17-10-8-9-14(2)11-12-17/h13-14,17H,7,10-12H2,1-6H3/b16-13+,18-15-/t14-,17-/m0/s1. The minimum absolute atomic E-state index is 0.230. The second kappa shape index (κ2) is 8.67. The third-order valence-electron chi connectivity index (χ3n) is 4.27. The highest BCUT2D eigenvalue weighted by atomic mass is 127. The minimum Gasteiger partial charge on any atom is -0.102 e. The normalized spacial score (nSPS) is 24.8. The number of alkyl halides is 1. The summed E-state index contributed by atoms with van der Waals surface area (Å²) in [5, 5.41) is 2.36. The van der Waals surface area contributed by atoms with Crippen molar-refractivity contribution in [1.82, 2.24) is 0 Å². The molecule has 1 aliphatic carbocycles. The van der Waals surface area contributed by atoms with Crippen molar-refractivity contribution in [3.8, 4) is 11.8 Å². The smallest absolute Gasteiger partial charge is 0.0379 e. The molecule has 0 saturated carbocycles. The molecule has 1 aliphatic rings. The Morgan fingerprint density at radius 1 is 1.33 bits per heavy atom. The van der Waals surface area contributed by atoms with Crippen LogP contribution < -0.4 is 0 Å². The van der Waals surface area contributed by atoms with E-state index in [-0.39, 0.29) is 3.42 Å². The predicted octanol–water partition coefficient (Wildman–Crippen LogP) is 6.96. The van der Waals surface area contributed by atoms with Crippen LogP contribution in [0.15, 0.2) is 21.5 Å². The maximum atomic E-state index is 3.40. The SMILES string of the molecule is CC/C(C)=C(\S/C=C(\C)C(C)(C)I)[C@H]1CC#C[C@H](C)CC1. The Morgan fingerprint density at radius 3 is 2.57 bits per heavy atom. The van der Waals surface area contributed by atoms with Gasteiger partial charge in [0.25, 0.3) is 0 Å². The maximum Gasteiger partial charge on any atom is 0.0379 e. The molecule has 0 radical (unpaired) electrons. The molecule has 0 N–H and O–H groups in total. The van der Waals surface area contributed by atoms with Crippen molar-refractivity contribution in [3.63, 3.8) is 0 Å². The summed E-state index contributed by atoms with van der Waals surface area (Å²) in [4.78, 5) is 1.57. The third kappa shape index (κ3) is 6.40. The Hall–Kier alpha value is 0.120. The van der Waals surface area contributed by atoms with Crippen LogP contribution >= 0.6 is 34.4 Å². The summed E-state index contributed by atoms with van der Waals surface area (Å²) in [6.45, 7) is 13.6. The Kier molecular flexibility index (Phi) is 7.92. The average molecular weight is 416 g/mol. The summed E-state index contributed by atoms with van der Waals surface area (Å²) in [7, 11) is 0. The molecular weight excluding hydrogens is 387 g/mol. The zero-order valence-electron chi connectivity index (χ0n) is 14.3. The first-order chi connectivity index (χ1) is 9.75. The number of thioether (sulfide) groups is 1. The van der Waals surface area contributed by atoms with Crippen molar-refractivity contribution in [2.75, 3.05) is 0 Å². The van der Waals surface area contributed by atoms with E-state index in [4.69, 9.17) is 0 Å². The Morgan fingerprint density at radius 2 is 2.00 bits per heavy atom. The first-order valence-electron chi connectivity index (χ1n) is 7.96. The van der Waals surface area contributed by atoms with Crippen LogP contribution in [-0.4, -0.2) is 3.42 Å². The van der Waals surface area contributed by atoms with Gasteiger partial charge in [0, 0.05) is 21.7 Å². The van der Waals surface area contributed by atoms with Crippen LogP contribution in [0.3, 0.4) is 0 Å². The second-order valence-electron chi connectivity index (χ2n) is 6.59. The molecule has 0 saturated heterocycles. The fraction of sp³-hybridized carbons (Fsp3) is 0.684. The number of hydrogen-bond acceptors (Lipinski definition) is 1. The fourth-order valence-corrected chi connectivity index (χ4v) is 3.92. The van der Waals surface area contributed by atoms with Gasteiger partial charge >= 0.3 is 0 Å². The van der Waals surface area contributed by atoms with Gasteiger partial charge in [-0.25, -0.2) is 0 Å². The average Bonchev–Trinajstić information content (AvgIpc) is 2.62. The molecule has 0 nitrogen and oxygen atoms in total. The monoisotopic (exact) mass is 416 g/mol. The minimum atomic E-state index is 0.230. The molecule has 0 bridgehead atoms. The van der Waals surface area contributed by atoms with Crippen molar-refractivity contribution in [2.24, 2.45) is 11.8 Å². The molecule has 21 heavy (non-hydrogen) atoms. The lowest BCUT2D eigenvalue weighted by Crippen LogP contribution is -2.10. The summed E-state index contributed by atoms with van der Waals surface area (Å²) >= 11 is 4.47. The summed E-state index contributed by atoms with van der Waals surface area (Å²) in [5.41, 5.74) is 2.99. The molecule has 2 heteroatoms. The zero-order chi connectivity index (χ0) is 16.0. The van der Waals surface area contributed by atoms with Crippen molar-refractivity contribution in [1.29, 1.82) is 0 Å². The van der Waals surface area contributed by atoms with Crippen LogP contribution in [0.5, 0.6) is 0 Å². The van der Waals surface area contributed by atoms with E-state index in [1.165, 1.54) is 24.0 Å². The molecule has 0 fully saturated rings.